The molecule has 1 aromatic heterocycles. The molecule has 0 aliphatic carbocycles. The minimum absolute atomic E-state index is 0.570. The van der Waals surface area contributed by atoms with Crippen LogP contribution < -0.4 is 10.6 Å². The summed E-state index contributed by atoms with van der Waals surface area (Å²) < 4.78 is 0. The molecule has 3 nitrogen and oxygen atoms in total. The van der Waals surface area contributed by atoms with E-state index in [1.165, 1.54) is 18.4 Å². The van der Waals surface area contributed by atoms with Crippen LogP contribution in [-0.4, -0.2) is 17.6 Å². The fourth-order valence-electron chi connectivity index (χ4n) is 2.62. The second-order valence-corrected chi connectivity index (χ2v) is 5.37. The van der Waals surface area contributed by atoms with Gasteiger partial charge in [-0.05, 0) is 49.8 Å². The van der Waals surface area contributed by atoms with Gasteiger partial charge in [0.25, 0.3) is 0 Å². The van der Waals surface area contributed by atoms with Gasteiger partial charge < -0.3 is 10.6 Å². The molecule has 0 saturated carbocycles. The molecule has 2 unspecified atom stereocenters. The van der Waals surface area contributed by atoms with Crippen molar-refractivity contribution in [1.82, 2.24) is 4.98 Å². The van der Waals surface area contributed by atoms with Crippen LogP contribution in [0.3, 0.4) is 0 Å². The predicted molar refractivity (Wildman–Crippen MR) is 72.1 cm³/mol. The lowest BCUT2D eigenvalue weighted by atomic mass is 9.94. The number of piperidine rings is 1. The van der Waals surface area contributed by atoms with Crippen molar-refractivity contribution >= 4 is 5.82 Å². The Kier molecular flexibility index (Phi) is 3.67. The van der Waals surface area contributed by atoms with Crippen LogP contribution in [0.25, 0.3) is 0 Å². The smallest absolute Gasteiger partial charge is 0.131 e. The van der Waals surface area contributed by atoms with Crippen molar-refractivity contribution in [2.75, 3.05) is 11.4 Å². The molecule has 2 rings (SSSR count). The average Bonchev–Trinajstić information content (AvgIpc) is 2.32. The highest BCUT2D eigenvalue weighted by molar-refractivity contribution is 5.48. The molecule has 0 aromatic carbocycles. The zero-order chi connectivity index (χ0) is 12.4. The van der Waals surface area contributed by atoms with Crippen molar-refractivity contribution in [1.29, 1.82) is 0 Å². The zero-order valence-corrected chi connectivity index (χ0v) is 11.1. The molecule has 2 atom stereocenters. The first-order chi connectivity index (χ1) is 8.11. The number of hydrogen-bond donors (Lipinski definition) is 1. The topological polar surface area (TPSA) is 42.1 Å². The molecule has 1 aliphatic heterocycles. The summed E-state index contributed by atoms with van der Waals surface area (Å²) in [5.74, 6) is 1.91. The Morgan fingerprint density at radius 2 is 2.18 bits per heavy atom. The summed E-state index contributed by atoms with van der Waals surface area (Å²) in [6.45, 7) is 8.44. The minimum Gasteiger partial charge on any atom is -0.353 e. The highest BCUT2D eigenvalue weighted by atomic mass is 15.2. The highest BCUT2D eigenvalue weighted by Gasteiger charge is 2.24. The van der Waals surface area contributed by atoms with Gasteiger partial charge in [-0.15, -0.1) is 0 Å². The number of rotatable bonds is 2. The maximum atomic E-state index is 5.64. The SMILES string of the molecule is Cc1cc(CN)cnc1N1CC(C)CCC1C. The van der Waals surface area contributed by atoms with E-state index in [1.54, 1.807) is 0 Å². The molecule has 0 radical (unpaired) electrons. The number of nitrogens with zero attached hydrogens (tertiary/aromatic N) is 2. The van der Waals surface area contributed by atoms with E-state index in [-0.39, 0.29) is 0 Å². The Balaban J connectivity index is 2.26. The molecule has 3 heteroatoms. The first-order valence-corrected chi connectivity index (χ1v) is 6.54. The molecule has 1 aromatic rings. The van der Waals surface area contributed by atoms with Crippen molar-refractivity contribution in [2.24, 2.45) is 11.7 Å². The third-order valence-electron chi connectivity index (χ3n) is 3.73. The van der Waals surface area contributed by atoms with Gasteiger partial charge in [0.15, 0.2) is 0 Å². The number of hydrogen-bond acceptors (Lipinski definition) is 3. The van der Waals surface area contributed by atoms with E-state index in [9.17, 15) is 0 Å². The average molecular weight is 233 g/mol. The first-order valence-electron chi connectivity index (χ1n) is 6.54. The summed E-state index contributed by atoms with van der Waals surface area (Å²) in [5.41, 5.74) is 8.00. The van der Waals surface area contributed by atoms with Crippen LogP contribution in [0.5, 0.6) is 0 Å². The Morgan fingerprint density at radius 1 is 1.41 bits per heavy atom. The first kappa shape index (κ1) is 12.4. The fraction of sp³-hybridized carbons (Fsp3) is 0.643. The van der Waals surface area contributed by atoms with Crippen LogP contribution in [0.4, 0.5) is 5.82 Å². The molecule has 1 aliphatic rings. The van der Waals surface area contributed by atoms with Crippen molar-refractivity contribution in [3.63, 3.8) is 0 Å². The Morgan fingerprint density at radius 3 is 2.82 bits per heavy atom. The van der Waals surface area contributed by atoms with Crippen LogP contribution in [-0.2, 0) is 6.54 Å². The molecule has 0 amide bonds. The van der Waals surface area contributed by atoms with E-state index in [0.717, 1.165) is 23.8 Å². The molecule has 1 fully saturated rings. The summed E-state index contributed by atoms with van der Waals surface area (Å²) in [5, 5.41) is 0. The van der Waals surface area contributed by atoms with Gasteiger partial charge >= 0.3 is 0 Å². The molecular formula is C14H23N3. The van der Waals surface area contributed by atoms with Crippen LogP contribution >= 0.6 is 0 Å². The monoisotopic (exact) mass is 233 g/mol. The lowest BCUT2D eigenvalue weighted by Gasteiger charge is -2.38. The number of nitrogens with two attached hydrogens (primary N) is 1. The van der Waals surface area contributed by atoms with Gasteiger partial charge in [0.2, 0.25) is 0 Å². The highest BCUT2D eigenvalue weighted by Crippen LogP contribution is 2.28. The summed E-state index contributed by atoms with van der Waals surface area (Å²) in [7, 11) is 0. The van der Waals surface area contributed by atoms with Gasteiger partial charge in [0.1, 0.15) is 5.82 Å². The van der Waals surface area contributed by atoms with Crippen LogP contribution in [0.15, 0.2) is 12.3 Å². The predicted octanol–water partition coefficient (Wildman–Crippen LogP) is 2.47. The molecule has 2 N–H and O–H groups in total. The van der Waals surface area contributed by atoms with Crippen molar-refractivity contribution < 1.29 is 0 Å². The summed E-state index contributed by atoms with van der Waals surface area (Å²) in [6, 6.07) is 2.76. The maximum absolute atomic E-state index is 5.64. The lowest BCUT2D eigenvalue weighted by Crippen LogP contribution is -2.42. The Labute approximate surface area is 104 Å². The second kappa shape index (κ2) is 5.05. The zero-order valence-electron chi connectivity index (χ0n) is 11.1. The molecule has 2 heterocycles. The third-order valence-corrected chi connectivity index (χ3v) is 3.73. The fourth-order valence-corrected chi connectivity index (χ4v) is 2.62. The molecule has 17 heavy (non-hydrogen) atoms. The summed E-state index contributed by atoms with van der Waals surface area (Å²) >= 11 is 0. The molecule has 0 bridgehead atoms. The Bertz CT molecular complexity index is 389. The van der Waals surface area contributed by atoms with E-state index < -0.39 is 0 Å². The Hall–Kier alpha value is -1.09. The number of pyridine rings is 1. The standard InChI is InChI=1S/C14H23N3/c1-10-4-5-12(3)17(9-10)14-11(2)6-13(7-15)8-16-14/h6,8,10,12H,4-5,7,9,15H2,1-3H3. The van der Waals surface area contributed by atoms with Crippen LogP contribution in [0.2, 0.25) is 0 Å². The van der Waals surface area contributed by atoms with Crippen molar-refractivity contribution in [3.05, 3.63) is 23.4 Å². The number of anilines is 1. The third kappa shape index (κ3) is 2.60. The van der Waals surface area contributed by atoms with Gasteiger partial charge in [0.05, 0.1) is 0 Å². The van der Waals surface area contributed by atoms with Gasteiger partial charge in [-0.2, -0.15) is 0 Å². The largest absolute Gasteiger partial charge is 0.353 e. The van der Waals surface area contributed by atoms with Crippen molar-refractivity contribution in [3.8, 4) is 0 Å². The van der Waals surface area contributed by atoms with E-state index in [0.29, 0.717) is 12.6 Å². The lowest BCUT2D eigenvalue weighted by molar-refractivity contribution is 0.387. The van der Waals surface area contributed by atoms with Crippen LogP contribution in [0.1, 0.15) is 37.8 Å². The molecule has 1 saturated heterocycles. The summed E-state index contributed by atoms with van der Waals surface area (Å²) in [4.78, 5) is 7.05. The second-order valence-electron chi connectivity index (χ2n) is 5.37. The van der Waals surface area contributed by atoms with E-state index >= 15 is 0 Å². The van der Waals surface area contributed by atoms with E-state index in [1.807, 2.05) is 6.20 Å². The van der Waals surface area contributed by atoms with Gasteiger partial charge in [0, 0.05) is 25.3 Å². The minimum atomic E-state index is 0.570. The molecule has 0 spiro atoms. The molecule has 94 valence electrons. The number of aromatic nitrogens is 1. The van der Waals surface area contributed by atoms with Crippen LogP contribution in [0, 0.1) is 12.8 Å². The quantitative estimate of drug-likeness (QED) is 0.853. The number of aryl methyl sites for hydroxylation is 1. The van der Waals surface area contributed by atoms with Crippen molar-refractivity contribution in [2.45, 2.75) is 46.2 Å². The van der Waals surface area contributed by atoms with E-state index in [2.05, 4.69) is 36.7 Å². The van der Waals surface area contributed by atoms with Gasteiger partial charge in [-0.3, -0.25) is 0 Å². The van der Waals surface area contributed by atoms with Gasteiger partial charge in [-0.25, -0.2) is 4.98 Å². The van der Waals surface area contributed by atoms with E-state index in [4.69, 9.17) is 5.73 Å². The maximum Gasteiger partial charge on any atom is 0.131 e. The summed E-state index contributed by atoms with van der Waals surface area (Å²) in [6.07, 6.45) is 4.51. The molecular weight excluding hydrogens is 210 g/mol. The normalized spacial score (nSPS) is 25.1. The van der Waals surface area contributed by atoms with Gasteiger partial charge in [-0.1, -0.05) is 6.92 Å².